The van der Waals surface area contributed by atoms with Gasteiger partial charge in [0.1, 0.15) is 11.8 Å². The number of ether oxygens (including phenoxy) is 1. The number of carbonyl (C=O) groups excluding carboxylic acids is 1. The summed E-state index contributed by atoms with van der Waals surface area (Å²) < 4.78 is 5.27. The first-order chi connectivity index (χ1) is 12.2. The van der Waals surface area contributed by atoms with Crippen molar-refractivity contribution >= 4 is 5.91 Å². The monoisotopic (exact) mass is 339 g/mol. The van der Waals surface area contributed by atoms with Gasteiger partial charge in [0.2, 0.25) is 5.91 Å². The van der Waals surface area contributed by atoms with E-state index in [1.165, 1.54) is 5.56 Å². The molecule has 132 valence electrons. The SMILES string of the molecule is CCc1ccc(CNC(=O)C2CC(c3cccc(OC)c3)NN2)cc1. The van der Waals surface area contributed by atoms with Crippen LogP contribution in [0.3, 0.4) is 0 Å². The molecule has 0 aliphatic carbocycles. The first-order valence-electron chi connectivity index (χ1n) is 8.70. The molecule has 5 heteroatoms. The van der Waals surface area contributed by atoms with E-state index in [0.29, 0.717) is 13.0 Å². The zero-order chi connectivity index (χ0) is 17.6. The van der Waals surface area contributed by atoms with Crippen LogP contribution in [-0.2, 0) is 17.8 Å². The van der Waals surface area contributed by atoms with Gasteiger partial charge in [0, 0.05) is 12.6 Å². The van der Waals surface area contributed by atoms with Crippen molar-refractivity contribution in [1.29, 1.82) is 0 Å². The lowest BCUT2D eigenvalue weighted by atomic mass is 10.0. The minimum atomic E-state index is -0.244. The van der Waals surface area contributed by atoms with E-state index in [2.05, 4.69) is 47.4 Å². The Morgan fingerprint density at radius 1 is 1.16 bits per heavy atom. The summed E-state index contributed by atoms with van der Waals surface area (Å²) in [6.07, 6.45) is 1.73. The van der Waals surface area contributed by atoms with Crippen LogP contribution in [0.25, 0.3) is 0 Å². The summed E-state index contributed by atoms with van der Waals surface area (Å²) in [4.78, 5) is 12.4. The highest BCUT2D eigenvalue weighted by Crippen LogP contribution is 2.25. The van der Waals surface area contributed by atoms with Crippen molar-refractivity contribution in [3.63, 3.8) is 0 Å². The second-order valence-corrected chi connectivity index (χ2v) is 6.29. The molecular weight excluding hydrogens is 314 g/mol. The van der Waals surface area contributed by atoms with Crippen LogP contribution in [0.2, 0.25) is 0 Å². The number of aryl methyl sites for hydroxylation is 1. The van der Waals surface area contributed by atoms with Gasteiger partial charge in [-0.3, -0.25) is 4.79 Å². The van der Waals surface area contributed by atoms with Gasteiger partial charge in [-0.2, -0.15) is 0 Å². The highest BCUT2D eigenvalue weighted by atomic mass is 16.5. The van der Waals surface area contributed by atoms with Crippen LogP contribution in [0.4, 0.5) is 0 Å². The molecule has 0 radical (unpaired) electrons. The highest BCUT2D eigenvalue weighted by Gasteiger charge is 2.30. The molecule has 0 bridgehead atoms. The zero-order valence-electron chi connectivity index (χ0n) is 14.7. The van der Waals surface area contributed by atoms with Crippen molar-refractivity contribution in [3.05, 3.63) is 65.2 Å². The maximum atomic E-state index is 12.4. The number of hydrogen-bond donors (Lipinski definition) is 3. The Hall–Kier alpha value is -2.37. The summed E-state index contributed by atoms with van der Waals surface area (Å²) in [6, 6.07) is 16.1. The van der Waals surface area contributed by atoms with Crippen LogP contribution < -0.4 is 20.9 Å². The van der Waals surface area contributed by atoms with Crippen molar-refractivity contribution in [2.45, 2.75) is 38.4 Å². The number of hydrazine groups is 1. The summed E-state index contributed by atoms with van der Waals surface area (Å²) >= 11 is 0. The third kappa shape index (κ3) is 4.38. The average Bonchev–Trinajstić information content (AvgIpc) is 3.17. The van der Waals surface area contributed by atoms with Crippen LogP contribution in [-0.4, -0.2) is 19.1 Å². The molecule has 1 fully saturated rings. The zero-order valence-corrected chi connectivity index (χ0v) is 14.7. The average molecular weight is 339 g/mol. The van der Waals surface area contributed by atoms with Gasteiger partial charge in [-0.15, -0.1) is 0 Å². The maximum Gasteiger partial charge on any atom is 0.238 e. The minimum Gasteiger partial charge on any atom is -0.497 e. The first kappa shape index (κ1) is 17.5. The van der Waals surface area contributed by atoms with Crippen molar-refractivity contribution < 1.29 is 9.53 Å². The molecule has 5 nitrogen and oxygen atoms in total. The van der Waals surface area contributed by atoms with Gasteiger partial charge in [0.15, 0.2) is 0 Å². The quantitative estimate of drug-likeness (QED) is 0.757. The van der Waals surface area contributed by atoms with E-state index in [9.17, 15) is 4.79 Å². The van der Waals surface area contributed by atoms with E-state index in [4.69, 9.17) is 4.74 Å². The smallest absolute Gasteiger partial charge is 0.238 e. The molecule has 2 atom stereocenters. The normalized spacial score (nSPS) is 19.6. The number of benzene rings is 2. The number of methoxy groups -OCH3 is 1. The second kappa shape index (κ2) is 8.14. The van der Waals surface area contributed by atoms with Crippen LogP contribution in [0.5, 0.6) is 5.75 Å². The molecule has 2 aromatic carbocycles. The van der Waals surface area contributed by atoms with E-state index in [-0.39, 0.29) is 18.0 Å². The first-order valence-corrected chi connectivity index (χ1v) is 8.70. The molecule has 0 aromatic heterocycles. The van der Waals surface area contributed by atoms with Gasteiger partial charge in [0.25, 0.3) is 0 Å². The van der Waals surface area contributed by atoms with E-state index in [1.807, 2.05) is 24.3 Å². The largest absolute Gasteiger partial charge is 0.497 e. The number of rotatable bonds is 6. The van der Waals surface area contributed by atoms with E-state index < -0.39 is 0 Å². The fourth-order valence-corrected chi connectivity index (χ4v) is 3.01. The van der Waals surface area contributed by atoms with Gasteiger partial charge in [-0.1, -0.05) is 43.3 Å². The lowest BCUT2D eigenvalue weighted by Gasteiger charge is -2.12. The molecule has 0 saturated carbocycles. The molecule has 25 heavy (non-hydrogen) atoms. The lowest BCUT2D eigenvalue weighted by Crippen LogP contribution is -2.42. The predicted molar refractivity (Wildman–Crippen MR) is 98.1 cm³/mol. The minimum absolute atomic E-state index is 0.0115. The van der Waals surface area contributed by atoms with Crippen LogP contribution in [0.15, 0.2) is 48.5 Å². The third-order valence-corrected chi connectivity index (χ3v) is 4.61. The molecule has 2 aromatic rings. The van der Waals surface area contributed by atoms with Gasteiger partial charge < -0.3 is 10.1 Å². The number of hydrogen-bond acceptors (Lipinski definition) is 4. The second-order valence-electron chi connectivity index (χ2n) is 6.29. The summed E-state index contributed by atoms with van der Waals surface area (Å²) in [5.41, 5.74) is 9.82. The summed E-state index contributed by atoms with van der Waals surface area (Å²) in [7, 11) is 1.66. The van der Waals surface area contributed by atoms with E-state index in [1.54, 1.807) is 7.11 Å². The molecular formula is C20H25N3O2. The molecule has 1 saturated heterocycles. The van der Waals surface area contributed by atoms with Crippen LogP contribution in [0, 0.1) is 0 Å². The molecule has 1 aliphatic rings. The van der Waals surface area contributed by atoms with E-state index in [0.717, 1.165) is 23.3 Å². The summed E-state index contributed by atoms with van der Waals surface area (Å²) in [6.45, 7) is 2.68. The summed E-state index contributed by atoms with van der Waals surface area (Å²) in [5.74, 6) is 0.834. The van der Waals surface area contributed by atoms with Gasteiger partial charge >= 0.3 is 0 Å². The predicted octanol–water partition coefficient (Wildman–Crippen LogP) is 2.48. The van der Waals surface area contributed by atoms with Crippen LogP contribution in [0.1, 0.15) is 36.1 Å². The Balaban J connectivity index is 1.53. The Labute approximate surface area is 148 Å². The standard InChI is InChI=1S/C20H25N3O2/c1-3-14-7-9-15(10-8-14)13-21-20(24)19-12-18(22-23-19)16-5-4-6-17(11-16)25-2/h4-11,18-19,22-23H,3,12-13H2,1-2H3,(H,21,24). The van der Waals surface area contributed by atoms with E-state index >= 15 is 0 Å². The maximum absolute atomic E-state index is 12.4. The Morgan fingerprint density at radius 2 is 1.92 bits per heavy atom. The topological polar surface area (TPSA) is 62.4 Å². The molecule has 2 unspecified atom stereocenters. The van der Waals surface area contributed by atoms with Gasteiger partial charge in [0.05, 0.1) is 7.11 Å². The molecule has 0 spiro atoms. The number of nitrogens with one attached hydrogen (secondary N) is 3. The fraction of sp³-hybridized carbons (Fsp3) is 0.350. The highest BCUT2D eigenvalue weighted by molar-refractivity contribution is 5.82. The lowest BCUT2D eigenvalue weighted by molar-refractivity contribution is -0.123. The number of carbonyl (C=O) groups is 1. The summed E-state index contributed by atoms with van der Waals surface area (Å²) in [5, 5.41) is 3.01. The number of amides is 1. The van der Waals surface area contributed by atoms with Crippen molar-refractivity contribution in [1.82, 2.24) is 16.2 Å². The van der Waals surface area contributed by atoms with Crippen molar-refractivity contribution in [2.24, 2.45) is 0 Å². The molecule has 1 amide bonds. The Kier molecular flexibility index (Phi) is 5.68. The Bertz CT molecular complexity index is 715. The van der Waals surface area contributed by atoms with Crippen LogP contribution >= 0.6 is 0 Å². The van der Waals surface area contributed by atoms with Crippen molar-refractivity contribution in [3.8, 4) is 5.75 Å². The third-order valence-electron chi connectivity index (χ3n) is 4.61. The molecule has 1 heterocycles. The fourth-order valence-electron chi connectivity index (χ4n) is 3.01. The molecule has 3 N–H and O–H groups in total. The van der Waals surface area contributed by atoms with Gasteiger partial charge in [-0.05, 0) is 41.7 Å². The van der Waals surface area contributed by atoms with Gasteiger partial charge in [-0.25, -0.2) is 10.9 Å². The molecule has 1 aliphatic heterocycles. The Morgan fingerprint density at radius 3 is 2.64 bits per heavy atom. The van der Waals surface area contributed by atoms with Crippen molar-refractivity contribution in [2.75, 3.05) is 7.11 Å². The molecule has 3 rings (SSSR count).